The summed E-state index contributed by atoms with van der Waals surface area (Å²) in [6, 6.07) is 3.88. The molecule has 0 bridgehead atoms. The lowest BCUT2D eigenvalue weighted by Gasteiger charge is -2.31. The molecule has 1 fully saturated rings. The molecule has 0 N–H and O–H groups in total. The molecule has 1 aromatic heterocycles. The normalized spacial score (nSPS) is 16.7. The summed E-state index contributed by atoms with van der Waals surface area (Å²) in [5.74, 6) is 0.0645. The Labute approximate surface area is 98.5 Å². The number of carbonyl (C=O) groups excluding carboxylic acids is 2. The number of rotatable bonds is 2. The predicted octanol–water partition coefficient (Wildman–Crippen LogP) is 0.591. The van der Waals surface area contributed by atoms with E-state index in [1.165, 1.54) is 0 Å². The van der Waals surface area contributed by atoms with Gasteiger partial charge >= 0.3 is 0 Å². The van der Waals surface area contributed by atoms with Gasteiger partial charge in [-0.1, -0.05) is 6.07 Å². The van der Waals surface area contributed by atoms with Gasteiger partial charge in [-0.05, 0) is 11.4 Å². The highest BCUT2D eigenvalue weighted by Gasteiger charge is 2.24. The highest BCUT2D eigenvalue weighted by Crippen LogP contribution is 2.11. The zero-order valence-electron chi connectivity index (χ0n) is 9.18. The Kier molecular flexibility index (Phi) is 3.24. The highest BCUT2D eigenvalue weighted by atomic mass is 32.1. The molecule has 4 nitrogen and oxygen atoms in total. The summed E-state index contributed by atoms with van der Waals surface area (Å²) in [5.41, 5.74) is 0. The lowest BCUT2D eigenvalue weighted by Crippen LogP contribution is -2.51. The average Bonchev–Trinajstić information content (AvgIpc) is 2.74. The molecule has 0 spiro atoms. The molecule has 2 amide bonds. The van der Waals surface area contributed by atoms with E-state index in [-0.39, 0.29) is 18.4 Å². The monoisotopic (exact) mass is 238 g/mol. The molecule has 5 heteroatoms. The third kappa shape index (κ3) is 2.41. The molecule has 0 aromatic carbocycles. The minimum absolute atomic E-state index is 0.0192. The largest absolute Gasteiger partial charge is 0.342 e. The summed E-state index contributed by atoms with van der Waals surface area (Å²) in [4.78, 5) is 27.7. The standard InChI is InChI=1S/C11H14N2O2S/c1-12-4-5-13(8-11(12)15)10(14)7-9-3-2-6-16-9/h2-3,6H,4-5,7-8H2,1H3. The van der Waals surface area contributed by atoms with Crippen LogP contribution in [-0.4, -0.2) is 48.3 Å². The van der Waals surface area contributed by atoms with Gasteiger partial charge in [-0.15, -0.1) is 11.3 Å². The van der Waals surface area contributed by atoms with Crippen LogP contribution in [0.25, 0.3) is 0 Å². The SMILES string of the molecule is CN1CCN(C(=O)Cc2cccs2)CC1=O. The van der Waals surface area contributed by atoms with Gasteiger partial charge in [-0.25, -0.2) is 0 Å². The second kappa shape index (κ2) is 4.65. The first-order valence-corrected chi connectivity index (χ1v) is 6.09. The number of carbonyl (C=O) groups is 2. The van der Waals surface area contributed by atoms with Crippen LogP contribution in [0.15, 0.2) is 17.5 Å². The maximum atomic E-state index is 11.9. The third-order valence-electron chi connectivity index (χ3n) is 2.72. The van der Waals surface area contributed by atoms with Crippen LogP contribution in [0, 0.1) is 0 Å². The quantitative estimate of drug-likeness (QED) is 0.756. The van der Waals surface area contributed by atoms with Crippen molar-refractivity contribution in [3.8, 4) is 0 Å². The zero-order chi connectivity index (χ0) is 11.5. The molecular weight excluding hydrogens is 224 g/mol. The lowest BCUT2D eigenvalue weighted by atomic mass is 10.2. The summed E-state index contributed by atoms with van der Waals surface area (Å²) in [6.45, 7) is 1.50. The van der Waals surface area contributed by atoms with Gasteiger partial charge in [0.05, 0.1) is 13.0 Å². The van der Waals surface area contributed by atoms with Crippen molar-refractivity contribution in [1.29, 1.82) is 0 Å². The van der Waals surface area contributed by atoms with Crippen molar-refractivity contribution in [2.24, 2.45) is 0 Å². The maximum absolute atomic E-state index is 11.9. The van der Waals surface area contributed by atoms with Crippen molar-refractivity contribution in [2.45, 2.75) is 6.42 Å². The van der Waals surface area contributed by atoms with Gasteiger partial charge in [0.25, 0.3) is 0 Å². The summed E-state index contributed by atoms with van der Waals surface area (Å²) >= 11 is 1.57. The van der Waals surface area contributed by atoms with E-state index in [1.807, 2.05) is 17.5 Å². The van der Waals surface area contributed by atoms with Gasteiger partial charge in [-0.2, -0.15) is 0 Å². The Hall–Kier alpha value is -1.36. The third-order valence-corrected chi connectivity index (χ3v) is 3.59. The van der Waals surface area contributed by atoms with E-state index in [0.717, 1.165) is 4.88 Å². The minimum Gasteiger partial charge on any atom is -0.342 e. The number of nitrogens with zero attached hydrogens (tertiary/aromatic N) is 2. The van der Waals surface area contributed by atoms with E-state index in [1.54, 1.807) is 28.2 Å². The van der Waals surface area contributed by atoms with Crippen LogP contribution in [-0.2, 0) is 16.0 Å². The summed E-state index contributed by atoms with van der Waals surface area (Å²) < 4.78 is 0. The Morgan fingerprint density at radius 3 is 2.94 bits per heavy atom. The fourth-order valence-electron chi connectivity index (χ4n) is 1.65. The number of thiophene rings is 1. The molecule has 16 heavy (non-hydrogen) atoms. The molecule has 0 unspecified atom stereocenters. The van der Waals surface area contributed by atoms with Gasteiger partial charge in [0.15, 0.2) is 0 Å². The van der Waals surface area contributed by atoms with E-state index in [2.05, 4.69) is 0 Å². The number of hydrogen-bond donors (Lipinski definition) is 0. The average molecular weight is 238 g/mol. The number of piperazine rings is 1. The topological polar surface area (TPSA) is 40.6 Å². The van der Waals surface area contributed by atoms with Crippen LogP contribution in [0.3, 0.4) is 0 Å². The lowest BCUT2D eigenvalue weighted by molar-refractivity contribution is -0.143. The Morgan fingerprint density at radius 1 is 1.50 bits per heavy atom. The second-order valence-corrected chi connectivity index (χ2v) is 4.92. The van der Waals surface area contributed by atoms with E-state index >= 15 is 0 Å². The van der Waals surface area contributed by atoms with Crippen LogP contribution in [0.5, 0.6) is 0 Å². The number of likely N-dealkylation sites (N-methyl/N-ethyl adjacent to an activating group) is 1. The van der Waals surface area contributed by atoms with E-state index in [0.29, 0.717) is 19.5 Å². The summed E-state index contributed by atoms with van der Waals surface area (Å²) in [5, 5.41) is 1.96. The van der Waals surface area contributed by atoms with Crippen LogP contribution < -0.4 is 0 Å². The molecule has 86 valence electrons. The van der Waals surface area contributed by atoms with Crippen LogP contribution >= 0.6 is 11.3 Å². The number of hydrogen-bond acceptors (Lipinski definition) is 3. The molecular formula is C11H14N2O2S. The maximum Gasteiger partial charge on any atom is 0.241 e. The van der Waals surface area contributed by atoms with E-state index in [4.69, 9.17) is 0 Å². The van der Waals surface area contributed by atoms with Crippen LogP contribution in [0.1, 0.15) is 4.88 Å². The van der Waals surface area contributed by atoms with Gasteiger partial charge in [0.1, 0.15) is 0 Å². The molecule has 1 aliphatic heterocycles. The van der Waals surface area contributed by atoms with Crippen molar-refractivity contribution in [1.82, 2.24) is 9.80 Å². The van der Waals surface area contributed by atoms with E-state index < -0.39 is 0 Å². The molecule has 1 aromatic rings. The predicted molar refractivity (Wildman–Crippen MR) is 62.2 cm³/mol. The molecule has 0 saturated carbocycles. The molecule has 1 aliphatic rings. The van der Waals surface area contributed by atoms with Crippen molar-refractivity contribution >= 4 is 23.2 Å². The van der Waals surface area contributed by atoms with Gasteiger partial charge < -0.3 is 9.80 Å². The van der Waals surface area contributed by atoms with E-state index in [9.17, 15) is 9.59 Å². The molecule has 2 heterocycles. The van der Waals surface area contributed by atoms with Crippen molar-refractivity contribution in [2.75, 3.05) is 26.7 Å². The van der Waals surface area contributed by atoms with Crippen LogP contribution in [0.2, 0.25) is 0 Å². The molecule has 0 radical (unpaired) electrons. The Balaban J connectivity index is 1.93. The van der Waals surface area contributed by atoms with Gasteiger partial charge in [0, 0.05) is 25.0 Å². The molecule has 0 atom stereocenters. The minimum atomic E-state index is 0.0192. The van der Waals surface area contributed by atoms with Crippen molar-refractivity contribution < 1.29 is 9.59 Å². The van der Waals surface area contributed by atoms with Gasteiger partial charge in [0.2, 0.25) is 11.8 Å². The first kappa shape index (κ1) is 11.1. The highest BCUT2D eigenvalue weighted by molar-refractivity contribution is 7.10. The second-order valence-electron chi connectivity index (χ2n) is 3.89. The smallest absolute Gasteiger partial charge is 0.241 e. The molecule has 0 aliphatic carbocycles. The first-order chi connectivity index (χ1) is 7.66. The summed E-state index contributed by atoms with van der Waals surface area (Å²) in [7, 11) is 1.77. The van der Waals surface area contributed by atoms with Crippen molar-refractivity contribution in [3.05, 3.63) is 22.4 Å². The molecule has 2 rings (SSSR count). The Bertz CT molecular complexity index is 389. The fourth-order valence-corrected chi connectivity index (χ4v) is 2.34. The van der Waals surface area contributed by atoms with Gasteiger partial charge in [-0.3, -0.25) is 9.59 Å². The fraction of sp³-hybridized carbons (Fsp3) is 0.455. The Morgan fingerprint density at radius 2 is 2.31 bits per heavy atom. The number of amides is 2. The van der Waals surface area contributed by atoms with Crippen molar-refractivity contribution in [3.63, 3.8) is 0 Å². The van der Waals surface area contributed by atoms with Crippen LogP contribution in [0.4, 0.5) is 0 Å². The summed E-state index contributed by atoms with van der Waals surface area (Å²) in [6.07, 6.45) is 0.411. The zero-order valence-corrected chi connectivity index (χ0v) is 10.00. The first-order valence-electron chi connectivity index (χ1n) is 5.21. The molecule has 1 saturated heterocycles.